The maximum absolute atomic E-state index is 11.9. The molecule has 1 aliphatic heterocycles. The first-order chi connectivity index (χ1) is 6.91. The van der Waals surface area contributed by atoms with Gasteiger partial charge in [-0.2, -0.15) is 0 Å². The number of hydrogen-bond donors (Lipinski definition) is 1. The summed E-state index contributed by atoms with van der Waals surface area (Å²) in [5, 5.41) is 0. The molecule has 2 amide bonds. The Labute approximate surface area is 92.4 Å². The molecule has 0 saturated carbocycles. The lowest BCUT2D eigenvalue weighted by molar-refractivity contribution is 0.177. The zero-order valence-corrected chi connectivity index (χ0v) is 10.3. The summed E-state index contributed by atoms with van der Waals surface area (Å²) in [5.41, 5.74) is 5.69. The van der Waals surface area contributed by atoms with Crippen molar-refractivity contribution in [3.63, 3.8) is 0 Å². The summed E-state index contributed by atoms with van der Waals surface area (Å²) in [5.74, 6) is 0. The topological polar surface area (TPSA) is 49.6 Å². The fraction of sp³-hybridized carbons (Fsp3) is 0.909. The Bertz CT molecular complexity index is 240. The Balaban J connectivity index is 2.62. The molecule has 88 valence electrons. The molecule has 1 atom stereocenters. The summed E-state index contributed by atoms with van der Waals surface area (Å²) < 4.78 is 0. The van der Waals surface area contributed by atoms with Crippen molar-refractivity contribution in [1.82, 2.24) is 9.80 Å². The predicted octanol–water partition coefficient (Wildman–Crippen LogP) is 1.12. The molecule has 1 fully saturated rings. The third-order valence-electron chi connectivity index (χ3n) is 3.19. The normalized spacial score (nSPS) is 22.7. The van der Waals surface area contributed by atoms with Crippen LogP contribution in [-0.2, 0) is 0 Å². The average molecular weight is 213 g/mol. The van der Waals surface area contributed by atoms with Gasteiger partial charge in [0.05, 0.1) is 6.04 Å². The van der Waals surface area contributed by atoms with Crippen LogP contribution in [-0.4, -0.2) is 48.6 Å². The smallest absolute Gasteiger partial charge is 0.320 e. The molecule has 1 unspecified atom stereocenters. The molecule has 15 heavy (non-hydrogen) atoms. The minimum absolute atomic E-state index is 0.0130. The van der Waals surface area contributed by atoms with Crippen LogP contribution in [0.5, 0.6) is 0 Å². The van der Waals surface area contributed by atoms with E-state index in [1.54, 1.807) is 0 Å². The van der Waals surface area contributed by atoms with Crippen molar-refractivity contribution in [3.8, 4) is 0 Å². The minimum atomic E-state index is 0.0130. The Kier molecular flexibility index (Phi) is 3.60. The Morgan fingerprint density at radius 3 is 2.53 bits per heavy atom. The number of carbonyl (C=O) groups is 1. The van der Waals surface area contributed by atoms with Crippen LogP contribution in [0.3, 0.4) is 0 Å². The summed E-state index contributed by atoms with van der Waals surface area (Å²) in [6.07, 6.45) is 1.02. The van der Waals surface area contributed by atoms with Gasteiger partial charge in [-0.1, -0.05) is 20.8 Å². The summed E-state index contributed by atoms with van der Waals surface area (Å²) >= 11 is 0. The highest BCUT2D eigenvalue weighted by Crippen LogP contribution is 2.22. The Hall–Kier alpha value is -0.770. The Morgan fingerprint density at radius 2 is 2.13 bits per heavy atom. The van der Waals surface area contributed by atoms with Gasteiger partial charge in [0.15, 0.2) is 0 Å². The van der Waals surface area contributed by atoms with E-state index in [0.717, 1.165) is 19.5 Å². The quantitative estimate of drug-likeness (QED) is 0.760. The molecule has 1 saturated heterocycles. The zero-order chi connectivity index (χ0) is 11.6. The molecule has 1 rings (SSSR count). The fourth-order valence-electron chi connectivity index (χ4n) is 1.95. The van der Waals surface area contributed by atoms with Gasteiger partial charge in [-0.15, -0.1) is 0 Å². The van der Waals surface area contributed by atoms with E-state index in [1.807, 2.05) is 16.8 Å². The first kappa shape index (κ1) is 12.3. The van der Waals surface area contributed by atoms with Crippen molar-refractivity contribution in [1.29, 1.82) is 0 Å². The van der Waals surface area contributed by atoms with Crippen LogP contribution in [0.25, 0.3) is 0 Å². The van der Waals surface area contributed by atoms with E-state index >= 15 is 0 Å². The number of nitrogens with two attached hydrogens (primary N) is 1. The molecular weight excluding hydrogens is 190 g/mol. The van der Waals surface area contributed by atoms with Crippen molar-refractivity contribution in [2.75, 3.05) is 26.7 Å². The van der Waals surface area contributed by atoms with Crippen molar-refractivity contribution < 1.29 is 4.79 Å². The summed E-state index contributed by atoms with van der Waals surface area (Å²) in [7, 11) is 1.88. The maximum Gasteiger partial charge on any atom is 0.320 e. The number of hydrogen-bond acceptors (Lipinski definition) is 2. The Morgan fingerprint density at radius 1 is 1.53 bits per heavy atom. The molecule has 0 aliphatic carbocycles. The van der Waals surface area contributed by atoms with Gasteiger partial charge in [-0.3, -0.25) is 0 Å². The van der Waals surface area contributed by atoms with Crippen LogP contribution in [0.1, 0.15) is 27.2 Å². The van der Waals surface area contributed by atoms with Crippen molar-refractivity contribution in [3.05, 3.63) is 0 Å². The molecule has 0 aromatic rings. The predicted molar refractivity (Wildman–Crippen MR) is 61.6 cm³/mol. The van der Waals surface area contributed by atoms with Crippen LogP contribution in [0, 0.1) is 5.41 Å². The number of urea groups is 1. The van der Waals surface area contributed by atoms with Crippen LogP contribution in [0.2, 0.25) is 0 Å². The van der Waals surface area contributed by atoms with Gasteiger partial charge in [0.2, 0.25) is 0 Å². The fourth-order valence-corrected chi connectivity index (χ4v) is 1.95. The van der Waals surface area contributed by atoms with E-state index in [0.29, 0.717) is 12.6 Å². The van der Waals surface area contributed by atoms with E-state index in [1.165, 1.54) is 0 Å². The highest BCUT2D eigenvalue weighted by atomic mass is 16.2. The van der Waals surface area contributed by atoms with Gasteiger partial charge in [-0.25, -0.2) is 4.79 Å². The molecule has 2 N–H and O–H groups in total. The van der Waals surface area contributed by atoms with E-state index < -0.39 is 0 Å². The van der Waals surface area contributed by atoms with E-state index in [4.69, 9.17) is 5.73 Å². The lowest BCUT2D eigenvalue weighted by Crippen LogP contribution is -2.40. The second kappa shape index (κ2) is 4.39. The second-order valence-electron chi connectivity index (χ2n) is 5.20. The van der Waals surface area contributed by atoms with Gasteiger partial charge < -0.3 is 15.5 Å². The molecule has 4 heteroatoms. The van der Waals surface area contributed by atoms with Crippen LogP contribution < -0.4 is 5.73 Å². The number of carbonyl (C=O) groups excluding carboxylic acids is 1. The van der Waals surface area contributed by atoms with Crippen LogP contribution >= 0.6 is 0 Å². The molecule has 4 nitrogen and oxygen atoms in total. The maximum atomic E-state index is 11.9. The number of amides is 2. The van der Waals surface area contributed by atoms with E-state index in [-0.39, 0.29) is 11.4 Å². The lowest BCUT2D eigenvalue weighted by Gasteiger charge is -2.28. The van der Waals surface area contributed by atoms with Crippen molar-refractivity contribution in [2.24, 2.45) is 11.1 Å². The third-order valence-corrected chi connectivity index (χ3v) is 3.19. The second-order valence-corrected chi connectivity index (χ2v) is 5.20. The SMILES string of the molecule is CCC1CN(CC(C)(C)CN)C(=O)N1C. The first-order valence-corrected chi connectivity index (χ1v) is 5.63. The molecule has 1 heterocycles. The van der Waals surface area contributed by atoms with Gasteiger partial charge in [0.25, 0.3) is 0 Å². The third kappa shape index (κ3) is 2.62. The molecule has 0 spiro atoms. The van der Waals surface area contributed by atoms with Gasteiger partial charge >= 0.3 is 6.03 Å². The monoisotopic (exact) mass is 213 g/mol. The highest BCUT2D eigenvalue weighted by Gasteiger charge is 2.35. The van der Waals surface area contributed by atoms with Gasteiger partial charge in [0.1, 0.15) is 0 Å². The number of nitrogens with zero attached hydrogens (tertiary/aromatic N) is 2. The summed E-state index contributed by atoms with van der Waals surface area (Å²) in [4.78, 5) is 15.6. The molecule has 0 bridgehead atoms. The minimum Gasteiger partial charge on any atom is -0.330 e. The number of rotatable bonds is 4. The largest absolute Gasteiger partial charge is 0.330 e. The van der Waals surface area contributed by atoms with Gasteiger partial charge in [0, 0.05) is 20.1 Å². The van der Waals surface area contributed by atoms with E-state index in [2.05, 4.69) is 20.8 Å². The van der Waals surface area contributed by atoms with Crippen molar-refractivity contribution in [2.45, 2.75) is 33.2 Å². The highest BCUT2D eigenvalue weighted by molar-refractivity contribution is 5.76. The van der Waals surface area contributed by atoms with Gasteiger partial charge in [-0.05, 0) is 18.4 Å². The average Bonchev–Trinajstić information content (AvgIpc) is 2.45. The first-order valence-electron chi connectivity index (χ1n) is 5.63. The standard InChI is InChI=1S/C11H23N3O/c1-5-9-6-14(10(15)13(9)4)8-11(2,3)7-12/h9H,5-8,12H2,1-4H3. The van der Waals surface area contributed by atoms with Crippen molar-refractivity contribution >= 4 is 6.03 Å². The molecule has 0 aromatic carbocycles. The molecular formula is C11H23N3O. The molecule has 1 aliphatic rings. The van der Waals surface area contributed by atoms with Crippen LogP contribution in [0.4, 0.5) is 4.79 Å². The molecule has 0 aromatic heterocycles. The zero-order valence-electron chi connectivity index (χ0n) is 10.3. The summed E-state index contributed by atoms with van der Waals surface area (Å²) in [6.45, 7) is 8.51. The van der Waals surface area contributed by atoms with E-state index in [9.17, 15) is 4.79 Å². The summed E-state index contributed by atoms with van der Waals surface area (Å²) in [6, 6.07) is 0.509. The number of likely N-dealkylation sites (N-methyl/N-ethyl adjacent to an activating group) is 1. The van der Waals surface area contributed by atoms with Crippen LogP contribution in [0.15, 0.2) is 0 Å². The molecule has 0 radical (unpaired) electrons. The lowest BCUT2D eigenvalue weighted by atomic mass is 9.93.